The molecule has 6 nitrogen and oxygen atoms in total. The van der Waals surface area contributed by atoms with E-state index in [2.05, 4.69) is 16.9 Å². The van der Waals surface area contributed by atoms with E-state index >= 15 is 0 Å². The highest BCUT2D eigenvalue weighted by molar-refractivity contribution is 7.93. The van der Waals surface area contributed by atoms with Crippen molar-refractivity contribution in [2.24, 2.45) is 0 Å². The number of anilines is 1. The zero-order chi connectivity index (χ0) is 22.2. The van der Waals surface area contributed by atoms with Crippen LogP contribution in [-0.4, -0.2) is 37.3 Å². The highest BCUT2D eigenvalue weighted by Crippen LogP contribution is 2.38. The molecule has 1 fully saturated rings. The molecule has 0 radical (unpaired) electrons. The molecule has 1 aliphatic heterocycles. The minimum absolute atomic E-state index is 0.0299. The Bertz CT molecular complexity index is 1050. The fraction of sp³-hybridized carbons (Fsp3) is 0.368. The summed E-state index contributed by atoms with van der Waals surface area (Å²) in [7, 11) is -4.31. The Morgan fingerprint density at radius 1 is 1.23 bits per heavy atom. The number of aromatic nitrogens is 1. The molecule has 0 spiro atoms. The summed E-state index contributed by atoms with van der Waals surface area (Å²) in [5.74, 6) is -0.784. The number of benzene rings is 1. The molecule has 3 rings (SSSR count). The number of halogens is 3. The van der Waals surface area contributed by atoms with Crippen molar-refractivity contribution < 1.29 is 31.1 Å². The van der Waals surface area contributed by atoms with Gasteiger partial charge < -0.3 is 10.1 Å². The quantitative estimate of drug-likeness (QED) is 0.724. The molecule has 0 unspecified atom stereocenters. The number of ether oxygens (including phenoxy) is 1. The van der Waals surface area contributed by atoms with Gasteiger partial charge in [-0.1, -0.05) is 6.58 Å². The van der Waals surface area contributed by atoms with E-state index in [1.54, 1.807) is 12.3 Å². The molecule has 0 atom stereocenters. The van der Waals surface area contributed by atoms with Gasteiger partial charge in [0.15, 0.2) is 19.7 Å². The number of sulfone groups is 1. The Hall–Kier alpha value is -2.24. The summed E-state index contributed by atoms with van der Waals surface area (Å²) in [6.45, 7) is 5.57. The van der Waals surface area contributed by atoms with Crippen LogP contribution in [0.15, 0.2) is 41.1 Å². The van der Waals surface area contributed by atoms with Gasteiger partial charge >= 0.3 is 6.18 Å². The first-order chi connectivity index (χ1) is 14.0. The third-order valence-corrected chi connectivity index (χ3v) is 8.16. The zero-order valence-electron chi connectivity index (χ0n) is 16.0. The predicted octanol–water partition coefficient (Wildman–Crippen LogP) is 4.16. The van der Waals surface area contributed by atoms with Crippen LogP contribution in [0.5, 0.6) is 0 Å². The van der Waals surface area contributed by atoms with Crippen LogP contribution in [-0.2, 0) is 25.5 Å². The van der Waals surface area contributed by atoms with Gasteiger partial charge in [0.2, 0.25) is 5.91 Å². The molecule has 2 heterocycles. The molecule has 1 amide bonds. The SMILES string of the molecule is C=C(C)c1csc(NC(=O)C2(S(=O)(=O)c3ccc(C(F)(F)F)cc3)CCOCC2)n1. The predicted molar refractivity (Wildman–Crippen MR) is 107 cm³/mol. The molecule has 1 saturated heterocycles. The van der Waals surface area contributed by atoms with Crippen LogP contribution >= 0.6 is 11.3 Å². The van der Waals surface area contributed by atoms with Gasteiger partial charge in [0, 0.05) is 18.6 Å². The Morgan fingerprint density at radius 3 is 2.33 bits per heavy atom. The first-order valence-electron chi connectivity index (χ1n) is 8.90. The number of nitrogens with one attached hydrogen (secondary N) is 1. The van der Waals surface area contributed by atoms with Crippen molar-refractivity contribution in [1.82, 2.24) is 4.98 Å². The van der Waals surface area contributed by atoms with Crippen LogP contribution in [0.4, 0.5) is 18.3 Å². The summed E-state index contributed by atoms with van der Waals surface area (Å²) in [6, 6.07) is 3.14. The van der Waals surface area contributed by atoms with Crippen LogP contribution in [0.2, 0.25) is 0 Å². The molecular weight excluding hydrogens is 441 g/mol. The van der Waals surface area contributed by atoms with E-state index in [0.717, 1.165) is 23.5 Å². The average Bonchev–Trinajstić information content (AvgIpc) is 3.16. The number of hydrogen-bond acceptors (Lipinski definition) is 6. The second kappa shape index (κ2) is 8.12. The Labute approximate surface area is 175 Å². The Balaban J connectivity index is 1.97. The summed E-state index contributed by atoms with van der Waals surface area (Å²) in [5, 5.41) is 4.45. The highest BCUT2D eigenvalue weighted by Gasteiger charge is 2.52. The van der Waals surface area contributed by atoms with E-state index in [1.165, 1.54) is 0 Å². The maximum Gasteiger partial charge on any atom is 0.416 e. The third kappa shape index (κ3) is 4.14. The molecule has 30 heavy (non-hydrogen) atoms. The lowest BCUT2D eigenvalue weighted by atomic mass is 9.98. The number of thiazole rings is 1. The van der Waals surface area contributed by atoms with Crippen molar-refractivity contribution in [3.05, 3.63) is 47.5 Å². The minimum Gasteiger partial charge on any atom is -0.381 e. The summed E-state index contributed by atoms with van der Waals surface area (Å²) in [5.41, 5.74) is 0.286. The van der Waals surface area contributed by atoms with E-state index in [9.17, 15) is 26.4 Å². The van der Waals surface area contributed by atoms with Gasteiger partial charge in [-0.15, -0.1) is 11.3 Å². The van der Waals surface area contributed by atoms with E-state index < -0.39 is 32.2 Å². The monoisotopic (exact) mass is 460 g/mol. The fourth-order valence-electron chi connectivity index (χ4n) is 3.11. The van der Waals surface area contributed by atoms with E-state index in [1.807, 2.05) is 0 Å². The van der Waals surface area contributed by atoms with Gasteiger partial charge in [0.05, 0.1) is 16.2 Å². The fourth-order valence-corrected chi connectivity index (χ4v) is 5.83. The van der Waals surface area contributed by atoms with E-state index in [0.29, 0.717) is 23.4 Å². The van der Waals surface area contributed by atoms with Crippen molar-refractivity contribution >= 4 is 37.8 Å². The highest BCUT2D eigenvalue weighted by atomic mass is 32.2. The van der Waals surface area contributed by atoms with Crippen LogP contribution in [0.3, 0.4) is 0 Å². The van der Waals surface area contributed by atoms with Crippen molar-refractivity contribution in [2.75, 3.05) is 18.5 Å². The lowest BCUT2D eigenvalue weighted by Crippen LogP contribution is -2.53. The van der Waals surface area contributed by atoms with E-state index in [4.69, 9.17) is 4.74 Å². The molecule has 2 aromatic rings. The number of rotatable bonds is 5. The molecule has 1 aliphatic rings. The molecule has 0 aliphatic carbocycles. The molecule has 1 aromatic carbocycles. The van der Waals surface area contributed by atoms with E-state index in [-0.39, 0.29) is 36.1 Å². The zero-order valence-corrected chi connectivity index (χ0v) is 17.6. The molecule has 0 saturated carbocycles. The lowest BCUT2D eigenvalue weighted by molar-refractivity contribution is -0.137. The van der Waals surface area contributed by atoms with Crippen molar-refractivity contribution in [3.63, 3.8) is 0 Å². The van der Waals surface area contributed by atoms with Gasteiger partial charge in [-0.25, -0.2) is 13.4 Å². The molecular formula is C19H19F3N2O4S2. The maximum atomic E-state index is 13.4. The van der Waals surface area contributed by atoms with Gasteiger partial charge in [0.1, 0.15) is 0 Å². The first kappa shape index (κ1) is 22.4. The Morgan fingerprint density at radius 2 is 1.83 bits per heavy atom. The number of hydrogen-bond donors (Lipinski definition) is 1. The average molecular weight is 460 g/mol. The smallest absolute Gasteiger partial charge is 0.381 e. The van der Waals surface area contributed by atoms with Gasteiger partial charge in [0.25, 0.3) is 0 Å². The van der Waals surface area contributed by atoms with Crippen molar-refractivity contribution in [3.8, 4) is 0 Å². The second-order valence-corrected chi connectivity index (χ2v) is 10.0. The minimum atomic E-state index is -4.60. The van der Waals surface area contributed by atoms with Crippen LogP contribution < -0.4 is 5.32 Å². The van der Waals surface area contributed by atoms with Crippen molar-refractivity contribution in [2.45, 2.75) is 35.6 Å². The van der Waals surface area contributed by atoms with Crippen molar-refractivity contribution in [1.29, 1.82) is 0 Å². The molecule has 1 aromatic heterocycles. The second-order valence-electron chi connectivity index (χ2n) is 6.90. The summed E-state index contributed by atoms with van der Waals surface area (Å²) >= 11 is 1.13. The molecule has 11 heteroatoms. The largest absolute Gasteiger partial charge is 0.416 e. The standard InChI is InChI=1S/C19H19F3N2O4S2/c1-12(2)15-11-29-17(23-15)24-16(25)18(7-9-28-10-8-18)30(26,27)14-5-3-13(4-6-14)19(20,21)22/h3-6,11H,1,7-10H2,2H3,(H,23,24,25). The topological polar surface area (TPSA) is 85.4 Å². The lowest BCUT2D eigenvalue weighted by Gasteiger charge is -2.34. The Kier molecular flexibility index (Phi) is 6.08. The van der Waals surface area contributed by atoms with Gasteiger partial charge in [-0.05, 0) is 49.6 Å². The number of carbonyl (C=O) groups is 1. The molecule has 162 valence electrons. The van der Waals surface area contributed by atoms with Crippen LogP contribution in [0.1, 0.15) is 31.0 Å². The number of allylic oxidation sites excluding steroid dienone is 1. The number of nitrogens with zero attached hydrogens (tertiary/aromatic N) is 1. The number of alkyl halides is 3. The normalized spacial score (nSPS) is 16.8. The summed E-state index contributed by atoms with van der Waals surface area (Å²) in [6.07, 6.45) is -4.84. The number of amides is 1. The molecule has 0 bridgehead atoms. The third-order valence-electron chi connectivity index (χ3n) is 4.88. The van der Waals surface area contributed by atoms with Gasteiger partial charge in [-0.3, -0.25) is 4.79 Å². The maximum absolute atomic E-state index is 13.4. The summed E-state index contributed by atoms with van der Waals surface area (Å²) in [4.78, 5) is 17.0. The first-order valence-corrected chi connectivity index (χ1v) is 11.3. The van der Waals surface area contributed by atoms with Crippen LogP contribution in [0.25, 0.3) is 5.57 Å². The van der Waals surface area contributed by atoms with Gasteiger partial charge in [-0.2, -0.15) is 13.2 Å². The summed E-state index contributed by atoms with van der Waals surface area (Å²) < 4.78 is 68.6. The van der Waals surface area contributed by atoms with Crippen LogP contribution in [0, 0.1) is 0 Å². The molecule has 1 N–H and O–H groups in total. The number of carbonyl (C=O) groups excluding carboxylic acids is 1.